The molecule has 8 heteroatoms. The molecule has 0 aromatic carbocycles. The molecule has 2 amide bonds. The van der Waals surface area contributed by atoms with Crippen LogP contribution in [0.25, 0.3) is 0 Å². The lowest BCUT2D eigenvalue weighted by Crippen LogP contribution is -2.47. The number of nitrogens with one attached hydrogen (secondary N) is 1. The van der Waals surface area contributed by atoms with Gasteiger partial charge < -0.3 is 15.0 Å². The van der Waals surface area contributed by atoms with Gasteiger partial charge in [-0.15, -0.1) is 11.3 Å². The van der Waals surface area contributed by atoms with Gasteiger partial charge in [0.2, 0.25) is 5.91 Å². The van der Waals surface area contributed by atoms with Gasteiger partial charge in [0, 0.05) is 24.5 Å². The maximum absolute atomic E-state index is 12.3. The van der Waals surface area contributed by atoms with E-state index in [1.165, 1.54) is 19.3 Å². The van der Waals surface area contributed by atoms with Crippen molar-refractivity contribution in [2.45, 2.75) is 58.0 Å². The summed E-state index contributed by atoms with van der Waals surface area (Å²) in [5.74, 6) is 0.0133. The van der Waals surface area contributed by atoms with Crippen LogP contribution in [0.3, 0.4) is 0 Å². The van der Waals surface area contributed by atoms with Crippen LogP contribution in [0.5, 0.6) is 0 Å². The fourth-order valence-corrected chi connectivity index (χ4v) is 4.51. The highest BCUT2D eigenvalue weighted by atomic mass is 32.1. The summed E-state index contributed by atoms with van der Waals surface area (Å²) in [5, 5.41) is 6.19. The van der Waals surface area contributed by atoms with Crippen molar-refractivity contribution in [2.24, 2.45) is 0 Å². The number of carbonyl (C=O) groups is 2. The summed E-state index contributed by atoms with van der Waals surface area (Å²) in [5.41, 5.74) is 0.855. The zero-order valence-electron chi connectivity index (χ0n) is 16.1. The first-order valence-corrected chi connectivity index (χ1v) is 10.9. The zero-order chi connectivity index (χ0) is 19.1. The third-order valence-corrected chi connectivity index (χ3v) is 6.02. The summed E-state index contributed by atoms with van der Waals surface area (Å²) in [6.07, 6.45) is 5.48. The fraction of sp³-hybridized carbons (Fsp3) is 0.737. The van der Waals surface area contributed by atoms with E-state index >= 15 is 0 Å². The van der Waals surface area contributed by atoms with E-state index in [0.29, 0.717) is 26.1 Å². The first-order chi connectivity index (χ1) is 13.1. The second-order valence-electron chi connectivity index (χ2n) is 7.27. The van der Waals surface area contributed by atoms with Crippen molar-refractivity contribution in [3.63, 3.8) is 0 Å². The third-order valence-electron chi connectivity index (χ3n) is 5.13. The molecule has 1 N–H and O–H groups in total. The summed E-state index contributed by atoms with van der Waals surface area (Å²) in [7, 11) is 0. The molecule has 0 unspecified atom stereocenters. The Labute approximate surface area is 165 Å². The Hall–Kier alpha value is -1.67. The first kappa shape index (κ1) is 20.1. The maximum atomic E-state index is 12.3. The molecule has 2 fully saturated rings. The van der Waals surface area contributed by atoms with E-state index in [4.69, 9.17) is 4.74 Å². The van der Waals surface area contributed by atoms with Crippen LogP contribution < -0.4 is 5.32 Å². The lowest BCUT2D eigenvalue weighted by molar-refractivity contribution is -0.121. The molecule has 1 aromatic rings. The second-order valence-corrected chi connectivity index (χ2v) is 8.22. The number of amides is 2. The SMILES string of the molecule is CCOC(=O)N1CCC(NC(=O)Cc2csc(CN3CCCCC3)n2)CC1. The molecule has 7 nitrogen and oxygen atoms in total. The minimum Gasteiger partial charge on any atom is -0.450 e. The number of hydrogen-bond donors (Lipinski definition) is 1. The third kappa shape index (κ3) is 6.17. The number of hydrogen-bond acceptors (Lipinski definition) is 6. The molecule has 2 aliphatic rings. The van der Waals surface area contributed by atoms with Crippen molar-refractivity contribution in [1.29, 1.82) is 0 Å². The zero-order valence-corrected chi connectivity index (χ0v) is 16.9. The Bertz CT molecular complexity index is 622. The number of thiazole rings is 1. The Morgan fingerprint density at radius 3 is 2.67 bits per heavy atom. The second kappa shape index (κ2) is 10.0. The Morgan fingerprint density at radius 1 is 1.22 bits per heavy atom. The van der Waals surface area contributed by atoms with Gasteiger partial charge in [0.25, 0.3) is 0 Å². The molecule has 150 valence electrons. The summed E-state index contributed by atoms with van der Waals surface area (Å²) >= 11 is 1.65. The standard InChI is InChI=1S/C19H30N4O3S/c1-2-26-19(25)23-10-6-15(7-11-23)20-17(24)12-16-14-27-18(21-16)13-22-8-4-3-5-9-22/h14-15H,2-13H2,1H3,(H,20,24). The molecule has 1 aromatic heterocycles. The number of likely N-dealkylation sites (tertiary alicyclic amines) is 2. The van der Waals surface area contributed by atoms with Crippen LogP contribution in [0.4, 0.5) is 4.79 Å². The van der Waals surface area contributed by atoms with Crippen molar-refractivity contribution in [2.75, 3.05) is 32.8 Å². The van der Waals surface area contributed by atoms with Crippen molar-refractivity contribution in [3.05, 3.63) is 16.1 Å². The highest BCUT2D eigenvalue weighted by Gasteiger charge is 2.24. The number of carbonyl (C=O) groups excluding carboxylic acids is 2. The van der Waals surface area contributed by atoms with Gasteiger partial charge in [0.15, 0.2) is 0 Å². The quantitative estimate of drug-likeness (QED) is 0.802. The average molecular weight is 395 g/mol. The van der Waals surface area contributed by atoms with Gasteiger partial charge in [-0.05, 0) is 45.7 Å². The predicted octanol–water partition coefficient (Wildman–Crippen LogP) is 2.41. The lowest BCUT2D eigenvalue weighted by Gasteiger charge is -2.31. The summed E-state index contributed by atoms with van der Waals surface area (Å²) in [6, 6.07) is 0.120. The van der Waals surface area contributed by atoms with Gasteiger partial charge >= 0.3 is 6.09 Å². The van der Waals surface area contributed by atoms with Gasteiger partial charge in [-0.3, -0.25) is 9.69 Å². The normalized spacial score (nSPS) is 19.1. The lowest BCUT2D eigenvalue weighted by atomic mass is 10.1. The predicted molar refractivity (Wildman–Crippen MR) is 105 cm³/mol. The van der Waals surface area contributed by atoms with E-state index in [-0.39, 0.29) is 18.0 Å². The minimum atomic E-state index is -0.258. The van der Waals surface area contributed by atoms with Gasteiger partial charge in [0.05, 0.1) is 25.3 Å². The Morgan fingerprint density at radius 2 is 1.96 bits per heavy atom. The Balaban J connectivity index is 1.39. The van der Waals surface area contributed by atoms with Gasteiger partial charge in [-0.25, -0.2) is 9.78 Å². The van der Waals surface area contributed by atoms with E-state index < -0.39 is 0 Å². The van der Waals surface area contributed by atoms with Crippen molar-refractivity contribution >= 4 is 23.3 Å². The molecule has 2 aliphatic heterocycles. The summed E-state index contributed by atoms with van der Waals surface area (Å²) in [6.45, 7) is 6.66. The van der Waals surface area contributed by atoms with Crippen LogP contribution in [-0.2, 0) is 22.5 Å². The van der Waals surface area contributed by atoms with E-state index in [1.807, 2.05) is 5.38 Å². The molecular weight excluding hydrogens is 364 g/mol. The molecule has 27 heavy (non-hydrogen) atoms. The van der Waals surface area contributed by atoms with E-state index in [9.17, 15) is 9.59 Å². The molecule has 0 atom stereocenters. The molecule has 0 aliphatic carbocycles. The van der Waals surface area contributed by atoms with E-state index in [2.05, 4.69) is 15.2 Å². The first-order valence-electron chi connectivity index (χ1n) is 10.0. The van der Waals surface area contributed by atoms with Crippen LogP contribution in [0, 0.1) is 0 Å². The summed E-state index contributed by atoms with van der Waals surface area (Å²) in [4.78, 5) is 32.9. The monoisotopic (exact) mass is 394 g/mol. The molecular formula is C19H30N4O3S. The van der Waals surface area contributed by atoms with Crippen LogP contribution in [-0.4, -0.2) is 65.6 Å². The number of nitrogens with zero attached hydrogens (tertiary/aromatic N) is 3. The molecule has 0 radical (unpaired) electrons. The Kier molecular flexibility index (Phi) is 7.46. The average Bonchev–Trinajstić information content (AvgIpc) is 3.10. The maximum Gasteiger partial charge on any atom is 0.409 e. The van der Waals surface area contributed by atoms with E-state index in [0.717, 1.165) is 43.2 Å². The molecule has 0 spiro atoms. The van der Waals surface area contributed by atoms with Gasteiger partial charge in [-0.1, -0.05) is 6.42 Å². The number of ether oxygens (including phenoxy) is 1. The largest absolute Gasteiger partial charge is 0.450 e. The van der Waals surface area contributed by atoms with E-state index in [1.54, 1.807) is 23.2 Å². The summed E-state index contributed by atoms with van der Waals surface area (Å²) < 4.78 is 5.02. The van der Waals surface area contributed by atoms with Crippen LogP contribution in [0.1, 0.15) is 49.7 Å². The van der Waals surface area contributed by atoms with Gasteiger partial charge in [-0.2, -0.15) is 0 Å². The molecule has 0 bridgehead atoms. The molecule has 0 saturated carbocycles. The number of piperidine rings is 2. The van der Waals surface area contributed by atoms with Gasteiger partial charge in [0.1, 0.15) is 5.01 Å². The minimum absolute atomic E-state index is 0.0133. The van der Waals surface area contributed by atoms with Crippen LogP contribution >= 0.6 is 11.3 Å². The topological polar surface area (TPSA) is 74.8 Å². The van der Waals surface area contributed by atoms with Crippen molar-refractivity contribution < 1.29 is 14.3 Å². The highest BCUT2D eigenvalue weighted by molar-refractivity contribution is 7.09. The van der Waals surface area contributed by atoms with Crippen molar-refractivity contribution in [1.82, 2.24) is 20.1 Å². The molecule has 2 saturated heterocycles. The van der Waals surface area contributed by atoms with Crippen LogP contribution in [0.15, 0.2) is 5.38 Å². The highest BCUT2D eigenvalue weighted by Crippen LogP contribution is 2.17. The smallest absolute Gasteiger partial charge is 0.409 e. The van der Waals surface area contributed by atoms with Crippen LogP contribution in [0.2, 0.25) is 0 Å². The molecule has 3 rings (SSSR count). The van der Waals surface area contributed by atoms with Crippen molar-refractivity contribution in [3.8, 4) is 0 Å². The number of aromatic nitrogens is 1. The fourth-order valence-electron chi connectivity index (χ4n) is 3.68. The molecule has 3 heterocycles. The number of rotatable bonds is 6.